The second-order valence-electron chi connectivity index (χ2n) is 3.65. The molecule has 2 heteroatoms. The van der Waals surface area contributed by atoms with Gasteiger partial charge in [0.2, 0.25) is 0 Å². The summed E-state index contributed by atoms with van der Waals surface area (Å²) in [6, 6.07) is 0.295. The van der Waals surface area contributed by atoms with Crippen molar-refractivity contribution in [2.45, 2.75) is 45.8 Å². The van der Waals surface area contributed by atoms with Gasteiger partial charge in [0.25, 0.3) is 0 Å². The Kier molecular flexibility index (Phi) is 5.47. The Bertz CT molecular complexity index is 93.6. The van der Waals surface area contributed by atoms with Crippen molar-refractivity contribution in [3.8, 4) is 0 Å². The highest BCUT2D eigenvalue weighted by Gasteiger charge is 2.11. The van der Waals surface area contributed by atoms with Gasteiger partial charge in [-0.15, -0.1) is 0 Å². The third-order valence-electron chi connectivity index (χ3n) is 1.83. The second-order valence-corrected chi connectivity index (χ2v) is 3.65. The molecule has 0 aliphatic carbocycles. The van der Waals surface area contributed by atoms with Gasteiger partial charge >= 0.3 is 0 Å². The van der Waals surface area contributed by atoms with Gasteiger partial charge in [-0.2, -0.15) is 0 Å². The van der Waals surface area contributed by atoms with Crippen molar-refractivity contribution < 1.29 is 4.39 Å². The van der Waals surface area contributed by atoms with Crippen molar-refractivity contribution in [1.82, 2.24) is 5.32 Å². The van der Waals surface area contributed by atoms with Gasteiger partial charge in [-0.05, 0) is 32.7 Å². The fourth-order valence-corrected chi connectivity index (χ4v) is 1.11. The molecule has 0 aromatic carbocycles. The monoisotopic (exact) mass is 161 g/mol. The Hall–Kier alpha value is -0.110. The maximum absolute atomic E-state index is 13.1. The summed E-state index contributed by atoms with van der Waals surface area (Å²) in [5.74, 6) is 0.467. The number of rotatable bonds is 5. The minimum Gasteiger partial charge on any atom is -0.317 e. The zero-order chi connectivity index (χ0) is 8.85. The van der Waals surface area contributed by atoms with E-state index in [2.05, 4.69) is 19.2 Å². The van der Waals surface area contributed by atoms with Crippen molar-refractivity contribution in [2.75, 3.05) is 7.05 Å². The van der Waals surface area contributed by atoms with Gasteiger partial charge in [0, 0.05) is 6.04 Å². The summed E-state index contributed by atoms with van der Waals surface area (Å²) in [4.78, 5) is 0. The van der Waals surface area contributed by atoms with E-state index in [1.54, 1.807) is 0 Å². The van der Waals surface area contributed by atoms with Crippen LogP contribution in [0, 0.1) is 5.92 Å². The van der Waals surface area contributed by atoms with Crippen molar-refractivity contribution in [1.29, 1.82) is 0 Å². The second kappa shape index (κ2) is 5.53. The van der Waals surface area contributed by atoms with Gasteiger partial charge in [0.1, 0.15) is 6.17 Å². The van der Waals surface area contributed by atoms with Crippen molar-refractivity contribution in [2.24, 2.45) is 5.92 Å². The van der Waals surface area contributed by atoms with Gasteiger partial charge in [-0.1, -0.05) is 13.8 Å². The van der Waals surface area contributed by atoms with Gasteiger partial charge in [0.15, 0.2) is 0 Å². The minimum absolute atomic E-state index is 0.295. The third kappa shape index (κ3) is 6.29. The molecule has 1 N–H and O–H groups in total. The van der Waals surface area contributed by atoms with Crippen LogP contribution in [-0.4, -0.2) is 19.3 Å². The molecule has 0 aromatic heterocycles. The lowest BCUT2D eigenvalue weighted by Gasteiger charge is -2.15. The molecule has 0 radical (unpaired) electrons. The van der Waals surface area contributed by atoms with Gasteiger partial charge in [0.05, 0.1) is 0 Å². The zero-order valence-electron chi connectivity index (χ0n) is 8.02. The molecule has 11 heavy (non-hydrogen) atoms. The SMILES string of the molecule is CNC(C)CC(F)CC(C)C. The molecule has 0 aliphatic heterocycles. The zero-order valence-corrected chi connectivity index (χ0v) is 8.02. The smallest absolute Gasteiger partial charge is 0.102 e. The number of halogens is 1. The molecule has 0 bridgehead atoms. The van der Waals surface area contributed by atoms with Crippen molar-refractivity contribution in [3.05, 3.63) is 0 Å². The van der Waals surface area contributed by atoms with E-state index < -0.39 is 6.17 Å². The molecule has 0 spiro atoms. The predicted molar refractivity (Wildman–Crippen MR) is 47.5 cm³/mol. The van der Waals surface area contributed by atoms with Crippen LogP contribution in [0.3, 0.4) is 0 Å². The van der Waals surface area contributed by atoms with Gasteiger partial charge in [-0.3, -0.25) is 0 Å². The quantitative estimate of drug-likeness (QED) is 0.652. The van der Waals surface area contributed by atoms with Crippen LogP contribution in [0.5, 0.6) is 0 Å². The summed E-state index contributed by atoms with van der Waals surface area (Å²) < 4.78 is 13.1. The normalized spacial score (nSPS) is 16.9. The fraction of sp³-hybridized carbons (Fsp3) is 1.00. The Labute approximate surface area is 69.4 Å². The van der Waals surface area contributed by atoms with Crippen molar-refractivity contribution in [3.63, 3.8) is 0 Å². The summed E-state index contributed by atoms with van der Waals surface area (Å²) >= 11 is 0. The molecular formula is C9H20FN. The lowest BCUT2D eigenvalue weighted by molar-refractivity contribution is 0.248. The molecule has 1 nitrogen and oxygen atoms in total. The summed E-state index contributed by atoms with van der Waals surface area (Å²) in [6.45, 7) is 6.11. The standard InChI is InChI=1S/C9H20FN/c1-7(2)5-9(10)6-8(3)11-4/h7-9,11H,5-6H2,1-4H3. The Morgan fingerprint density at radius 2 is 1.73 bits per heavy atom. The van der Waals surface area contributed by atoms with E-state index in [-0.39, 0.29) is 0 Å². The summed E-state index contributed by atoms with van der Waals surface area (Å²) in [7, 11) is 1.87. The molecule has 68 valence electrons. The van der Waals surface area contributed by atoms with Crippen LogP contribution in [0.25, 0.3) is 0 Å². The number of nitrogens with one attached hydrogen (secondary N) is 1. The summed E-state index contributed by atoms with van der Waals surface area (Å²) in [6.07, 6.45) is 0.679. The van der Waals surface area contributed by atoms with E-state index in [9.17, 15) is 4.39 Å². The van der Waals surface area contributed by atoms with E-state index >= 15 is 0 Å². The highest BCUT2D eigenvalue weighted by atomic mass is 19.1. The van der Waals surface area contributed by atoms with Gasteiger partial charge in [-0.25, -0.2) is 4.39 Å². The van der Waals surface area contributed by atoms with Gasteiger partial charge < -0.3 is 5.32 Å². The van der Waals surface area contributed by atoms with Crippen LogP contribution in [0.4, 0.5) is 4.39 Å². The first-order valence-electron chi connectivity index (χ1n) is 4.37. The maximum Gasteiger partial charge on any atom is 0.102 e. The molecule has 0 rings (SSSR count). The fourth-order valence-electron chi connectivity index (χ4n) is 1.11. The molecule has 0 fully saturated rings. The Morgan fingerprint density at radius 3 is 2.09 bits per heavy atom. The number of hydrogen-bond acceptors (Lipinski definition) is 1. The van der Waals surface area contributed by atoms with E-state index in [4.69, 9.17) is 0 Å². The predicted octanol–water partition coefficient (Wildman–Crippen LogP) is 2.37. The van der Waals surface area contributed by atoms with Crippen LogP contribution in [-0.2, 0) is 0 Å². The molecule has 0 amide bonds. The molecule has 0 saturated heterocycles. The first-order chi connectivity index (χ1) is 5.06. The van der Waals surface area contributed by atoms with Crippen LogP contribution >= 0.6 is 0 Å². The first kappa shape index (κ1) is 10.9. The molecule has 0 heterocycles. The summed E-state index contributed by atoms with van der Waals surface area (Å²) in [5, 5.41) is 3.03. The van der Waals surface area contributed by atoms with Crippen LogP contribution < -0.4 is 5.32 Å². The lowest BCUT2D eigenvalue weighted by Crippen LogP contribution is -2.25. The molecule has 0 saturated carbocycles. The third-order valence-corrected chi connectivity index (χ3v) is 1.83. The summed E-state index contributed by atoms with van der Waals surface area (Å²) in [5.41, 5.74) is 0. The maximum atomic E-state index is 13.1. The van der Waals surface area contributed by atoms with Crippen LogP contribution in [0.2, 0.25) is 0 Å². The molecule has 2 unspecified atom stereocenters. The average Bonchev–Trinajstić information content (AvgIpc) is 1.85. The van der Waals surface area contributed by atoms with Crippen LogP contribution in [0.1, 0.15) is 33.6 Å². The number of alkyl halides is 1. The highest BCUT2D eigenvalue weighted by Crippen LogP contribution is 2.12. The van der Waals surface area contributed by atoms with E-state index in [0.717, 1.165) is 0 Å². The van der Waals surface area contributed by atoms with Crippen LogP contribution in [0.15, 0.2) is 0 Å². The van der Waals surface area contributed by atoms with E-state index in [1.165, 1.54) is 0 Å². The Balaban J connectivity index is 3.43. The van der Waals surface area contributed by atoms with Crippen molar-refractivity contribution >= 4 is 0 Å². The molecule has 0 aromatic rings. The first-order valence-corrected chi connectivity index (χ1v) is 4.37. The largest absolute Gasteiger partial charge is 0.317 e. The average molecular weight is 161 g/mol. The number of hydrogen-bond donors (Lipinski definition) is 1. The van der Waals surface area contributed by atoms with E-state index in [1.807, 2.05) is 14.0 Å². The highest BCUT2D eigenvalue weighted by molar-refractivity contribution is 4.66. The molecular weight excluding hydrogens is 141 g/mol. The Morgan fingerprint density at radius 1 is 1.18 bits per heavy atom. The topological polar surface area (TPSA) is 12.0 Å². The molecule has 0 aliphatic rings. The lowest BCUT2D eigenvalue weighted by atomic mass is 10.0. The minimum atomic E-state index is -0.641. The molecule has 2 atom stereocenters. The van der Waals surface area contributed by atoms with E-state index in [0.29, 0.717) is 24.8 Å².